The van der Waals surface area contributed by atoms with Gasteiger partial charge in [-0.25, -0.2) is 4.79 Å². The van der Waals surface area contributed by atoms with E-state index in [-0.39, 0.29) is 5.75 Å². The summed E-state index contributed by atoms with van der Waals surface area (Å²) >= 11 is 0. The van der Waals surface area contributed by atoms with Crippen LogP contribution in [-0.2, 0) is 0 Å². The molecule has 5 heteroatoms. The smallest absolute Gasteiger partial charge is 0.343 e. The summed E-state index contributed by atoms with van der Waals surface area (Å²) in [4.78, 5) is 23.3. The Bertz CT molecular complexity index is 780. The topological polar surface area (TPSA) is 61.8 Å². The van der Waals surface area contributed by atoms with E-state index in [0.717, 1.165) is 25.0 Å². The molecule has 0 saturated carbocycles. The molecule has 2 aromatic carbocycles. The van der Waals surface area contributed by atoms with Crippen molar-refractivity contribution in [3.05, 3.63) is 66.2 Å². The molecule has 0 atom stereocenters. The minimum absolute atomic E-state index is 0.282. The summed E-state index contributed by atoms with van der Waals surface area (Å²) < 4.78 is 16.1. The third kappa shape index (κ3) is 6.58. The Hall–Kier alpha value is -3.08. The second-order valence-electron chi connectivity index (χ2n) is 6.28. The van der Waals surface area contributed by atoms with E-state index in [0.29, 0.717) is 29.8 Å². The van der Waals surface area contributed by atoms with Gasteiger partial charge in [0.15, 0.2) is 6.29 Å². The summed E-state index contributed by atoms with van der Waals surface area (Å²) in [5, 5.41) is 0. The Balaban J connectivity index is 1.83. The minimum Gasteiger partial charge on any atom is -0.496 e. The van der Waals surface area contributed by atoms with Gasteiger partial charge in [0.25, 0.3) is 0 Å². The molecule has 0 fully saturated rings. The maximum absolute atomic E-state index is 12.3. The van der Waals surface area contributed by atoms with Crippen LogP contribution in [0.25, 0.3) is 0 Å². The second-order valence-corrected chi connectivity index (χ2v) is 6.28. The highest BCUT2D eigenvalue weighted by atomic mass is 16.5. The number of methoxy groups -OCH3 is 1. The van der Waals surface area contributed by atoms with Gasteiger partial charge in [-0.2, -0.15) is 0 Å². The van der Waals surface area contributed by atoms with Crippen LogP contribution in [0.4, 0.5) is 0 Å². The highest BCUT2D eigenvalue weighted by molar-refractivity contribution is 5.91. The summed E-state index contributed by atoms with van der Waals surface area (Å²) in [7, 11) is 1.47. The number of carbonyl (C=O) groups is 2. The van der Waals surface area contributed by atoms with Crippen molar-refractivity contribution >= 4 is 12.3 Å². The van der Waals surface area contributed by atoms with Crippen molar-refractivity contribution in [3.8, 4) is 17.2 Å². The first-order valence-corrected chi connectivity index (χ1v) is 9.37. The standard InChI is InChI=1S/C23H26O5/c1-3-4-5-6-7-8-15-27-20-11-9-18(10-12-20)23(25)28-21-13-14-22(26-2)19(16-21)17-24/h3,9-14,16-17H,1,4-8,15H2,2H3. The van der Waals surface area contributed by atoms with Crippen LogP contribution in [0.2, 0.25) is 0 Å². The molecule has 0 amide bonds. The lowest BCUT2D eigenvalue weighted by molar-refractivity contribution is 0.0734. The van der Waals surface area contributed by atoms with E-state index < -0.39 is 5.97 Å². The number of ether oxygens (including phenoxy) is 3. The average Bonchev–Trinajstić information content (AvgIpc) is 2.73. The van der Waals surface area contributed by atoms with E-state index in [4.69, 9.17) is 14.2 Å². The van der Waals surface area contributed by atoms with Gasteiger partial charge in [-0.3, -0.25) is 4.79 Å². The molecule has 0 aromatic heterocycles. The average molecular weight is 382 g/mol. The zero-order valence-corrected chi connectivity index (χ0v) is 16.2. The van der Waals surface area contributed by atoms with Gasteiger partial charge in [0.1, 0.15) is 17.2 Å². The van der Waals surface area contributed by atoms with E-state index in [1.54, 1.807) is 36.4 Å². The molecule has 148 valence electrons. The molecule has 0 aliphatic rings. The minimum atomic E-state index is -0.504. The van der Waals surface area contributed by atoms with Gasteiger partial charge < -0.3 is 14.2 Å². The normalized spacial score (nSPS) is 10.2. The van der Waals surface area contributed by atoms with Gasteiger partial charge >= 0.3 is 5.97 Å². The molecule has 5 nitrogen and oxygen atoms in total. The number of hydrogen-bond donors (Lipinski definition) is 0. The summed E-state index contributed by atoms with van der Waals surface area (Å²) in [6.45, 7) is 4.37. The first kappa shape index (κ1) is 21.2. The molecule has 0 aliphatic carbocycles. The van der Waals surface area contributed by atoms with E-state index in [1.807, 2.05) is 6.08 Å². The zero-order chi connectivity index (χ0) is 20.2. The number of unbranched alkanes of at least 4 members (excludes halogenated alkanes) is 4. The van der Waals surface area contributed by atoms with Crippen molar-refractivity contribution in [2.24, 2.45) is 0 Å². The number of carbonyl (C=O) groups excluding carboxylic acids is 2. The molecule has 0 saturated heterocycles. The number of benzene rings is 2. The molecule has 2 aromatic rings. The van der Waals surface area contributed by atoms with Gasteiger partial charge in [-0.05, 0) is 61.7 Å². The third-order valence-corrected chi connectivity index (χ3v) is 4.20. The monoisotopic (exact) mass is 382 g/mol. The van der Waals surface area contributed by atoms with Crippen LogP contribution in [0.15, 0.2) is 55.1 Å². The number of aldehydes is 1. The fraction of sp³-hybridized carbons (Fsp3) is 0.304. The molecule has 28 heavy (non-hydrogen) atoms. The largest absolute Gasteiger partial charge is 0.496 e. The fourth-order valence-electron chi connectivity index (χ4n) is 2.66. The summed E-state index contributed by atoms with van der Waals surface area (Å²) in [5.74, 6) is 0.924. The van der Waals surface area contributed by atoms with Gasteiger partial charge in [0.05, 0.1) is 24.8 Å². The molecule has 2 rings (SSSR count). The van der Waals surface area contributed by atoms with E-state index in [9.17, 15) is 9.59 Å². The molecule has 0 unspecified atom stereocenters. The first-order valence-electron chi connectivity index (χ1n) is 9.37. The van der Waals surface area contributed by atoms with Gasteiger partial charge in [0.2, 0.25) is 0 Å². The van der Waals surface area contributed by atoms with E-state index in [1.165, 1.54) is 26.0 Å². The highest BCUT2D eigenvalue weighted by Crippen LogP contribution is 2.23. The van der Waals surface area contributed by atoms with Crippen LogP contribution in [0.3, 0.4) is 0 Å². The molecule has 0 heterocycles. The highest BCUT2D eigenvalue weighted by Gasteiger charge is 2.11. The van der Waals surface area contributed by atoms with Crippen molar-refractivity contribution in [2.45, 2.75) is 32.1 Å². The maximum atomic E-state index is 12.3. The Morgan fingerprint density at radius 2 is 1.71 bits per heavy atom. The molecule has 0 spiro atoms. The molecule has 0 aliphatic heterocycles. The summed E-state index contributed by atoms with van der Waals surface area (Å²) in [6.07, 6.45) is 8.13. The van der Waals surface area contributed by atoms with Crippen molar-refractivity contribution in [3.63, 3.8) is 0 Å². The molecule has 0 N–H and O–H groups in total. The van der Waals surface area contributed by atoms with Gasteiger partial charge in [-0.1, -0.05) is 18.9 Å². The fourth-order valence-corrected chi connectivity index (χ4v) is 2.66. The maximum Gasteiger partial charge on any atom is 0.343 e. The molecular formula is C23H26O5. The lowest BCUT2D eigenvalue weighted by atomic mass is 10.1. The predicted octanol–water partition coefficient (Wildman–Crippen LogP) is 5.24. The SMILES string of the molecule is C=CCCCCCCOc1ccc(C(=O)Oc2ccc(OC)c(C=O)c2)cc1. The Morgan fingerprint density at radius 1 is 1.00 bits per heavy atom. The van der Waals surface area contributed by atoms with E-state index in [2.05, 4.69) is 6.58 Å². The number of esters is 1. The van der Waals surface area contributed by atoms with Crippen molar-refractivity contribution in [1.29, 1.82) is 0 Å². The quantitative estimate of drug-likeness (QED) is 0.165. The molecule has 0 bridgehead atoms. The van der Waals surface area contributed by atoms with Crippen LogP contribution in [-0.4, -0.2) is 26.0 Å². The van der Waals surface area contributed by atoms with Crippen LogP contribution < -0.4 is 14.2 Å². The second kappa shape index (κ2) is 11.6. The summed E-state index contributed by atoms with van der Waals surface area (Å²) in [5.41, 5.74) is 0.723. The lowest BCUT2D eigenvalue weighted by Crippen LogP contribution is -2.09. The predicted molar refractivity (Wildman–Crippen MR) is 109 cm³/mol. The first-order chi connectivity index (χ1) is 13.7. The Morgan fingerprint density at radius 3 is 2.39 bits per heavy atom. The van der Waals surface area contributed by atoms with Crippen LogP contribution in [0, 0.1) is 0 Å². The molecule has 0 radical (unpaired) electrons. The van der Waals surface area contributed by atoms with Crippen LogP contribution in [0.1, 0.15) is 52.8 Å². The summed E-state index contributed by atoms with van der Waals surface area (Å²) in [6, 6.07) is 11.4. The van der Waals surface area contributed by atoms with Crippen molar-refractivity contribution < 1.29 is 23.8 Å². The van der Waals surface area contributed by atoms with Crippen molar-refractivity contribution in [2.75, 3.05) is 13.7 Å². The van der Waals surface area contributed by atoms with Crippen LogP contribution >= 0.6 is 0 Å². The Kier molecular flexibility index (Phi) is 8.79. The third-order valence-electron chi connectivity index (χ3n) is 4.20. The number of allylic oxidation sites excluding steroid dienone is 1. The van der Waals surface area contributed by atoms with Crippen LogP contribution in [0.5, 0.6) is 17.2 Å². The zero-order valence-electron chi connectivity index (χ0n) is 16.2. The lowest BCUT2D eigenvalue weighted by Gasteiger charge is -2.09. The number of rotatable bonds is 12. The Labute approximate surface area is 165 Å². The molecular weight excluding hydrogens is 356 g/mol. The number of hydrogen-bond acceptors (Lipinski definition) is 5. The van der Waals surface area contributed by atoms with Gasteiger partial charge in [-0.15, -0.1) is 6.58 Å². The van der Waals surface area contributed by atoms with Crippen molar-refractivity contribution in [1.82, 2.24) is 0 Å². The van der Waals surface area contributed by atoms with Gasteiger partial charge in [0, 0.05) is 0 Å². The van der Waals surface area contributed by atoms with E-state index >= 15 is 0 Å².